The summed E-state index contributed by atoms with van der Waals surface area (Å²) >= 11 is 0. The Morgan fingerprint density at radius 1 is 0.931 bits per heavy atom. The zero-order valence-corrected chi connectivity index (χ0v) is 16.3. The molecule has 0 radical (unpaired) electrons. The minimum absolute atomic E-state index is 0.0801. The SMILES string of the molecule is O=C(Nc1ccccc1C(=O)NC1CCCC1)c1cccc(N2CCCC2=O)c1. The van der Waals surface area contributed by atoms with Crippen LogP contribution in [0.2, 0.25) is 0 Å². The van der Waals surface area contributed by atoms with E-state index in [2.05, 4.69) is 10.6 Å². The van der Waals surface area contributed by atoms with E-state index in [1.54, 1.807) is 47.4 Å². The molecule has 6 heteroatoms. The molecule has 29 heavy (non-hydrogen) atoms. The zero-order chi connectivity index (χ0) is 20.2. The molecule has 0 spiro atoms. The molecule has 2 fully saturated rings. The van der Waals surface area contributed by atoms with Crippen molar-refractivity contribution in [3.8, 4) is 0 Å². The van der Waals surface area contributed by atoms with Gasteiger partial charge in [0.25, 0.3) is 11.8 Å². The Morgan fingerprint density at radius 3 is 2.48 bits per heavy atom. The highest BCUT2D eigenvalue weighted by Crippen LogP contribution is 2.24. The molecule has 0 atom stereocenters. The van der Waals surface area contributed by atoms with Crippen molar-refractivity contribution in [3.63, 3.8) is 0 Å². The Bertz CT molecular complexity index is 934. The molecule has 6 nitrogen and oxygen atoms in total. The molecule has 4 rings (SSSR count). The van der Waals surface area contributed by atoms with E-state index in [1.165, 1.54) is 0 Å². The number of nitrogens with one attached hydrogen (secondary N) is 2. The van der Waals surface area contributed by atoms with Gasteiger partial charge in [0.05, 0.1) is 11.3 Å². The second kappa shape index (κ2) is 8.47. The highest BCUT2D eigenvalue weighted by atomic mass is 16.2. The van der Waals surface area contributed by atoms with Crippen molar-refractivity contribution >= 4 is 29.1 Å². The molecule has 2 aromatic rings. The van der Waals surface area contributed by atoms with Crippen LogP contribution in [-0.4, -0.2) is 30.3 Å². The third-order valence-corrected chi connectivity index (χ3v) is 5.60. The molecule has 2 N–H and O–H groups in total. The maximum atomic E-state index is 12.8. The Labute approximate surface area is 170 Å². The van der Waals surface area contributed by atoms with Crippen LogP contribution in [0.25, 0.3) is 0 Å². The number of carbonyl (C=O) groups is 3. The standard InChI is InChI=1S/C23H25N3O3/c27-21-13-6-14-26(21)18-10-5-7-16(15-18)22(28)25-20-12-4-3-11-19(20)23(29)24-17-8-1-2-9-17/h3-5,7,10-12,15,17H,1-2,6,8-9,13-14H2,(H,24,29)(H,25,28). The molecule has 1 saturated carbocycles. The Hall–Kier alpha value is -3.15. The van der Waals surface area contributed by atoms with Gasteiger partial charge in [0.2, 0.25) is 5.91 Å². The summed E-state index contributed by atoms with van der Waals surface area (Å²) in [6.07, 6.45) is 5.65. The van der Waals surface area contributed by atoms with E-state index in [0.29, 0.717) is 29.8 Å². The molecule has 2 aromatic carbocycles. The molecule has 1 aliphatic carbocycles. The van der Waals surface area contributed by atoms with Crippen LogP contribution >= 0.6 is 0 Å². The lowest BCUT2D eigenvalue weighted by molar-refractivity contribution is -0.117. The molecule has 2 aliphatic rings. The van der Waals surface area contributed by atoms with Crippen LogP contribution in [0.15, 0.2) is 48.5 Å². The number of anilines is 2. The first-order chi connectivity index (χ1) is 14.1. The van der Waals surface area contributed by atoms with Gasteiger partial charge in [0.1, 0.15) is 0 Å². The van der Waals surface area contributed by atoms with Crippen LogP contribution in [0.5, 0.6) is 0 Å². The highest BCUT2D eigenvalue weighted by molar-refractivity contribution is 6.09. The summed E-state index contributed by atoms with van der Waals surface area (Å²) in [4.78, 5) is 39.2. The summed E-state index contributed by atoms with van der Waals surface area (Å²) in [7, 11) is 0. The number of hydrogen-bond acceptors (Lipinski definition) is 3. The van der Waals surface area contributed by atoms with E-state index in [-0.39, 0.29) is 23.8 Å². The smallest absolute Gasteiger partial charge is 0.255 e. The molecule has 1 saturated heterocycles. The van der Waals surface area contributed by atoms with Gasteiger partial charge in [0.15, 0.2) is 0 Å². The number of hydrogen-bond donors (Lipinski definition) is 2. The lowest BCUT2D eigenvalue weighted by atomic mass is 10.1. The lowest BCUT2D eigenvalue weighted by Crippen LogP contribution is -2.33. The molecule has 3 amide bonds. The molecular formula is C23H25N3O3. The summed E-state index contributed by atoms with van der Waals surface area (Å²) in [5, 5.41) is 5.92. The minimum atomic E-state index is -0.306. The van der Waals surface area contributed by atoms with Crippen molar-refractivity contribution in [2.24, 2.45) is 0 Å². The number of benzene rings is 2. The van der Waals surface area contributed by atoms with Crippen molar-refractivity contribution in [3.05, 3.63) is 59.7 Å². The fourth-order valence-electron chi connectivity index (χ4n) is 4.05. The molecule has 150 valence electrons. The van der Waals surface area contributed by atoms with E-state index in [9.17, 15) is 14.4 Å². The van der Waals surface area contributed by atoms with Gasteiger partial charge in [-0.2, -0.15) is 0 Å². The van der Waals surface area contributed by atoms with Gasteiger partial charge in [-0.15, -0.1) is 0 Å². The minimum Gasteiger partial charge on any atom is -0.349 e. The second-order valence-corrected chi connectivity index (χ2v) is 7.65. The maximum absolute atomic E-state index is 12.8. The van der Waals surface area contributed by atoms with Crippen molar-refractivity contribution in [1.82, 2.24) is 5.32 Å². The average Bonchev–Trinajstić information content (AvgIpc) is 3.40. The van der Waals surface area contributed by atoms with Crippen LogP contribution in [0.4, 0.5) is 11.4 Å². The first-order valence-corrected chi connectivity index (χ1v) is 10.2. The summed E-state index contributed by atoms with van der Waals surface area (Å²) in [5.74, 6) is -0.389. The second-order valence-electron chi connectivity index (χ2n) is 7.65. The first-order valence-electron chi connectivity index (χ1n) is 10.2. The fraction of sp³-hybridized carbons (Fsp3) is 0.348. The highest BCUT2D eigenvalue weighted by Gasteiger charge is 2.23. The largest absolute Gasteiger partial charge is 0.349 e. The van der Waals surface area contributed by atoms with Crippen molar-refractivity contribution in [1.29, 1.82) is 0 Å². The average molecular weight is 391 g/mol. The summed E-state index contributed by atoms with van der Waals surface area (Å²) in [6.45, 7) is 0.675. The van der Waals surface area contributed by atoms with Gasteiger partial charge in [-0.3, -0.25) is 14.4 Å². The fourth-order valence-corrected chi connectivity index (χ4v) is 4.05. The molecule has 0 unspecified atom stereocenters. The third kappa shape index (κ3) is 4.31. The van der Waals surface area contributed by atoms with E-state index in [1.807, 2.05) is 6.07 Å². The molecule has 1 aliphatic heterocycles. The molecule has 1 heterocycles. The summed E-state index contributed by atoms with van der Waals surface area (Å²) in [5.41, 5.74) is 2.12. The van der Waals surface area contributed by atoms with Crippen molar-refractivity contribution < 1.29 is 14.4 Å². The van der Waals surface area contributed by atoms with E-state index in [0.717, 1.165) is 37.8 Å². The van der Waals surface area contributed by atoms with E-state index < -0.39 is 0 Å². The Kier molecular flexibility index (Phi) is 5.60. The van der Waals surface area contributed by atoms with Gasteiger partial charge in [0, 0.05) is 30.3 Å². The topological polar surface area (TPSA) is 78.5 Å². The van der Waals surface area contributed by atoms with Crippen LogP contribution in [0, 0.1) is 0 Å². The van der Waals surface area contributed by atoms with Gasteiger partial charge in [-0.05, 0) is 49.6 Å². The van der Waals surface area contributed by atoms with Crippen molar-refractivity contribution in [2.45, 2.75) is 44.6 Å². The predicted octanol–water partition coefficient (Wildman–Crippen LogP) is 3.74. The molecular weight excluding hydrogens is 366 g/mol. The predicted molar refractivity (Wildman–Crippen MR) is 112 cm³/mol. The monoisotopic (exact) mass is 391 g/mol. The third-order valence-electron chi connectivity index (χ3n) is 5.60. The number of nitrogens with zero attached hydrogens (tertiary/aromatic N) is 1. The van der Waals surface area contributed by atoms with Crippen LogP contribution in [0.1, 0.15) is 59.2 Å². The zero-order valence-electron chi connectivity index (χ0n) is 16.3. The first kappa shape index (κ1) is 19.2. The number of amides is 3. The Morgan fingerprint density at radius 2 is 1.72 bits per heavy atom. The Balaban J connectivity index is 1.50. The van der Waals surface area contributed by atoms with Gasteiger partial charge in [-0.25, -0.2) is 0 Å². The number of carbonyl (C=O) groups excluding carboxylic acids is 3. The van der Waals surface area contributed by atoms with Crippen molar-refractivity contribution in [2.75, 3.05) is 16.8 Å². The number of para-hydroxylation sites is 1. The summed E-state index contributed by atoms with van der Waals surface area (Å²) in [6, 6.07) is 14.3. The van der Waals surface area contributed by atoms with Crippen LogP contribution in [0.3, 0.4) is 0 Å². The van der Waals surface area contributed by atoms with Crippen LogP contribution in [-0.2, 0) is 4.79 Å². The van der Waals surface area contributed by atoms with E-state index in [4.69, 9.17) is 0 Å². The van der Waals surface area contributed by atoms with Gasteiger partial charge >= 0.3 is 0 Å². The molecule has 0 aromatic heterocycles. The number of rotatable bonds is 5. The van der Waals surface area contributed by atoms with Gasteiger partial charge < -0.3 is 15.5 Å². The van der Waals surface area contributed by atoms with E-state index >= 15 is 0 Å². The lowest BCUT2D eigenvalue weighted by Gasteiger charge is -2.17. The van der Waals surface area contributed by atoms with Crippen LogP contribution < -0.4 is 15.5 Å². The summed E-state index contributed by atoms with van der Waals surface area (Å²) < 4.78 is 0. The maximum Gasteiger partial charge on any atom is 0.255 e. The molecule has 0 bridgehead atoms. The quantitative estimate of drug-likeness (QED) is 0.815. The van der Waals surface area contributed by atoms with Gasteiger partial charge in [-0.1, -0.05) is 31.0 Å². The normalized spacial score (nSPS) is 16.8.